The molecule has 0 saturated carbocycles. The highest BCUT2D eigenvalue weighted by atomic mass is 19.1. The molecule has 0 bridgehead atoms. The fraction of sp³-hybridized carbons (Fsp3) is 0.214. The summed E-state index contributed by atoms with van der Waals surface area (Å²) < 4.78 is 31.3. The van der Waals surface area contributed by atoms with Gasteiger partial charge in [0.2, 0.25) is 5.88 Å². The summed E-state index contributed by atoms with van der Waals surface area (Å²) in [5.41, 5.74) is 1.00. The van der Waals surface area contributed by atoms with E-state index in [2.05, 4.69) is 10.3 Å². The molecule has 1 aromatic carbocycles. The molecule has 0 spiro atoms. The third kappa shape index (κ3) is 3.48. The van der Waals surface area contributed by atoms with Gasteiger partial charge in [0.1, 0.15) is 17.4 Å². The minimum atomic E-state index is -0.685. The predicted molar refractivity (Wildman–Crippen MR) is 68.1 cm³/mol. The van der Waals surface area contributed by atoms with Gasteiger partial charge in [-0.1, -0.05) is 6.07 Å². The molecule has 5 heteroatoms. The zero-order valence-electron chi connectivity index (χ0n) is 10.7. The number of pyridine rings is 1. The van der Waals surface area contributed by atoms with Gasteiger partial charge in [-0.25, -0.2) is 13.8 Å². The summed E-state index contributed by atoms with van der Waals surface area (Å²) in [5.74, 6) is -0.998. The van der Waals surface area contributed by atoms with Gasteiger partial charge in [-0.3, -0.25) is 0 Å². The Morgan fingerprint density at radius 1 is 1.16 bits per heavy atom. The quantitative estimate of drug-likeness (QED) is 0.918. The second kappa shape index (κ2) is 5.75. The summed E-state index contributed by atoms with van der Waals surface area (Å²) in [5, 5.41) is 3.09. The first-order chi connectivity index (χ1) is 9.08. The molecule has 0 radical (unpaired) electrons. The van der Waals surface area contributed by atoms with Gasteiger partial charge in [0, 0.05) is 36.5 Å². The van der Waals surface area contributed by atoms with E-state index in [1.807, 2.05) is 20.0 Å². The number of hydrogen-bond donors (Lipinski definition) is 1. The Bertz CT molecular complexity index is 538. The lowest BCUT2D eigenvalue weighted by atomic mass is 10.1. The minimum absolute atomic E-state index is 0.0828. The van der Waals surface area contributed by atoms with Crippen molar-refractivity contribution in [3.05, 3.63) is 53.7 Å². The van der Waals surface area contributed by atoms with E-state index in [1.165, 1.54) is 0 Å². The second-order valence-corrected chi connectivity index (χ2v) is 4.15. The van der Waals surface area contributed by atoms with E-state index in [0.29, 0.717) is 0 Å². The lowest BCUT2D eigenvalue weighted by Crippen LogP contribution is -2.12. The lowest BCUT2D eigenvalue weighted by Gasteiger charge is -2.10. The molecule has 1 N–H and O–H groups in total. The molecule has 0 saturated heterocycles. The van der Waals surface area contributed by atoms with E-state index in [1.54, 1.807) is 12.3 Å². The fourth-order valence-corrected chi connectivity index (χ4v) is 1.58. The van der Waals surface area contributed by atoms with Crippen molar-refractivity contribution in [2.24, 2.45) is 0 Å². The van der Waals surface area contributed by atoms with Gasteiger partial charge in [0.05, 0.1) is 0 Å². The van der Waals surface area contributed by atoms with Gasteiger partial charge in [-0.2, -0.15) is 0 Å². The molecule has 1 atom stereocenters. The second-order valence-electron chi connectivity index (χ2n) is 4.15. The molecule has 2 rings (SSSR count). The number of hydrogen-bond acceptors (Lipinski definition) is 3. The molecule has 19 heavy (non-hydrogen) atoms. The highest BCUT2D eigenvalue weighted by Crippen LogP contribution is 2.22. The molecule has 0 amide bonds. The van der Waals surface area contributed by atoms with Crippen LogP contribution in [0.4, 0.5) is 8.78 Å². The van der Waals surface area contributed by atoms with Gasteiger partial charge in [-0.15, -0.1) is 0 Å². The molecule has 0 fully saturated rings. The summed E-state index contributed by atoms with van der Waals surface area (Å²) in [6, 6.07) is 6.68. The number of nitrogens with zero attached hydrogens (tertiary/aromatic N) is 1. The smallest absolute Gasteiger partial charge is 0.219 e. The third-order valence-electron chi connectivity index (χ3n) is 2.75. The van der Waals surface area contributed by atoms with Crippen LogP contribution in [0.5, 0.6) is 11.6 Å². The highest BCUT2D eigenvalue weighted by Gasteiger charge is 2.06. The standard InChI is InChI=1S/C14H14F2N2O/c1-9(17-2)10-3-4-14(18-8-10)19-13-6-11(15)5-12(16)7-13/h3-9,17H,1-2H3. The van der Waals surface area contributed by atoms with Crippen molar-refractivity contribution in [1.82, 2.24) is 10.3 Å². The summed E-state index contributed by atoms with van der Waals surface area (Å²) in [7, 11) is 1.85. The zero-order chi connectivity index (χ0) is 13.8. The van der Waals surface area contributed by atoms with Crippen LogP contribution in [0.1, 0.15) is 18.5 Å². The molecule has 0 aliphatic heterocycles. The number of aromatic nitrogens is 1. The molecule has 1 heterocycles. The average Bonchev–Trinajstić information content (AvgIpc) is 2.37. The van der Waals surface area contributed by atoms with Gasteiger partial charge >= 0.3 is 0 Å². The van der Waals surface area contributed by atoms with Crippen LogP contribution in [0.25, 0.3) is 0 Å². The maximum atomic E-state index is 13.0. The maximum Gasteiger partial charge on any atom is 0.219 e. The van der Waals surface area contributed by atoms with Crippen molar-refractivity contribution in [3.63, 3.8) is 0 Å². The van der Waals surface area contributed by atoms with E-state index < -0.39 is 11.6 Å². The Balaban J connectivity index is 2.15. The number of halogens is 2. The molecule has 0 aliphatic rings. The largest absolute Gasteiger partial charge is 0.439 e. The van der Waals surface area contributed by atoms with Crippen molar-refractivity contribution in [1.29, 1.82) is 0 Å². The Hall–Kier alpha value is -2.01. The van der Waals surface area contributed by atoms with Crippen LogP contribution < -0.4 is 10.1 Å². The lowest BCUT2D eigenvalue weighted by molar-refractivity contribution is 0.450. The molecular weight excluding hydrogens is 250 g/mol. The Morgan fingerprint density at radius 3 is 2.37 bits per heavy atom. The van der Waals surface area contributed by atoms with Crippen LogP contribution in [0.2, 0.25) is 0 Å². The third-order valence-corrected chi connectivity index (χ3v) is 2.75. The Morgan fingerprint density at radius 2 is 1.84 bits per heavy atom. The highest BCUT2D eigenvalue weighted by molar-refractivity contribution is 5.29. The van der Waals surface area contributed by atoms with Crippen molar-refractivity contribution in [2.75, 3.05) is 7.05 Å². The number of nitrogens with one attached hydrogen (secondary N) is 1. The van der Waals surface area contributed by atoms with Crippen molar-refractivity contribution in [2.45, 2.75) is 13.0 Å². The topological polar surface area (TPSA) is 34.1 Å². The molecule has 0 aliphatic carbocycles. The summed E-state index contributed by atoms with van der Waals surface area (Å²) in [6.07, 6.45) is 1.66. The van der Waals surface area contributed by atoms with Gasteiger partial charge in [0.25, 0.3) is 0 Å². The normalized spacial score (nSPS) is 12.2. The fourth-order valence-electron chi connectivity index (χ4n) is 1.58. The minimum Gasteiger partial charge on any atom is -0.439 e. The predicted octanol–water partition coefficient (Wildman–Crippen LogP) is 3.43. The molecule has 100 valence electrons. The first kappa shape index (κ1) is 13.4. The maximum absolute atomic E-state index is 13.0. The summed E-state index contributed by atoms with van der Waals surface area (Å²) >= 11 is 0. The van der Waals surface area contributed by atoms with Crippen molar-refractivity contribution < 1.29 is 13.5 Å². The van der Waals surface area contributed by atoms with Gasteiger partial charge in [0.15, 0.2) is 0 Å². The summed E-state index contributed by atoms with van der Waals surface area (Å²) in [4.78, 5) is 4.10. The summed E-state index contributed by atoms with van der Waals surface area (Å²) in [6.45, 7) is 2.00. The molecule has 1 unspecified atom stereocenters. The van der Waals surface area contributed by atoms with Crippen LogP contribution in [0, 0.1) is 11.6 Å². The van der Waals surface area contributed by atoms with Crippen LogP contribution >= 0.6 is 0 Å². The van der Waals surface area contributed by atoms with Crippen molar-refractivity contribution >= 4 is 0 Å². The van der Waals surface area contributed by atoms with Crippen LogP contribution in [-0.4, -0.2) is 12.0 Å². The molecule has 1 aromatic heterocycles. The first-order valence-corrected chi connectivity index (χ1v) is 5.85. The van der Waals surface area contributed by atoms with Crippen LogP contribution in [-0.2, 0) is 0 Å². The number of ether oxygens (including phenoxy) is 1. The monoisotopic (exact) mass is 264 g/mol. The number of rotatable bonds is 4. The van der Waals surface area contributed by atoms with E-state index in [9.17, 15) is 8.78 Å². The number of benzene rings is 1. The average molecular weight is 264 g/mol. The van der Waals surface area contributed by atoms with Crippen molar-refractivity contribution in [3.8, 4) is 11.6 Å². The Labute approximate surface area is 110 Å². The first-order valence-electron chi connectivity index (χ1n) is 5.85. The zero-order valence-corrected chi connectivity index (χ0v) is 10.7. The Kier molecular flexibility index (Phi) is 4.06. The van der Waals surface area contributed by atoms with E-state index in [0.717, 1.165) is 23.8 Å². The van der Waals surface area contributed by atoms with E-state index in [-0.39, 0.29) is 17.7 Å². The molecule has 2 aromatic rings. The van der Waals surface area contributed by atoms with Crippen LogP contribution in [0.3, 0.4) is 0 Å². The van der Waals surface area contributed by atoms with Crippen LogP contribution in [0.15, 0.2) is 36.5 Å². The molecular formula is C14H14F2N2O. The van der Waals surface area contributed by atoms with E-state index in [4.69, 9.17) is 4.74 Å². The molecule has 3 nitrogen and oxygen atoms in total. The van der Waals surface area contributed by atoms with Gasteiger partial charge < -0.3 is 10.1 Å². The SMILES string of the molecule is CNC(C)c1ccc(Oc2cc(F)cc(F)c2)nc1. The van der Waals surface area contributed by atoms with Gasteiger partial charge in [-0.05, 0) is 19.5 Å². The van der Waals surface area contributed by atoms with E-state index >= 15 is 0 Å².